The summed E-state index contributed by atoms with van der Waals surface area (Å²) in [6, 6.07) is -0.583. The second-order valence-corrected chi connectivity index (χ2v) is 3.63. The second kappa shape index (κ2) is 8.29. The van der Waals surface area contributed by atoms with Crippen molar-refractivity contribution in [2.75, 3.05) is 26.7 Å². The van der Waals surface area contributed by atoms with E-state index in [1.165, 1.54) is 11.9 Å². The number of carboxylic acids is 1. The van der Waals surface area contributed by atoms with Gasteiger partial charge in [0.25, 0.3) is 0 Å². The van der Waals surface area contributed by atoms with Crippen LogP contribution in [0.5, 0.6) is 0 Å². The molecule has 1 atom stereocenters. The molecule has 18 heavy (non-hydrogen) atoms. The number of nitrogens with one attached hydrogen (secondary N) is 2. The highest BCUT2D eigenvalue weighted by atomic mass is 16.4. The Morgan fingerprint density at radius 1 is 1.33 bits per heavy atom. The maximum atomic E-state index is 11.6. The molecule has 0 aliphatic heterocycles. The lowest BCUT2D eigenvalue weighted by Gasteiger charge is -2.22. The Balaban J connectivity index is 4.29. The van der Waals surface area contributed by atoms with E-state index in [0.29, 0.717) is 13.0 Å². The summed E-state index contributed by atoms with van der Waals surface area (Å²) < 4.78 is 0. The molecule has 0 spiro atoms. The molecule has 0 unspecified atom stereocenters. The molecule has 4 N–H and O–H groups in total. The highest BCUT2D eigenvalue weighted by molar-refractivity contribution is 5.84. The smallest absolute Gasteiger partial charge is 0.334 e. The van der Waals surface area contributed by atoms with Gasteiger partial charge >= 0.3 is 12.0 Å². The summed E-state index contributed by atoms with van der Waals surface area (Å²) in [5.41, 5.74) is 0. The van der Waals surface area contributed by atoms with Crippen molar-refractivity contribution in [3.05, 3.63) is 0 Å². The number of urea groups is 1. The number of aliphatic carboxylic acids is 1. The number of likely N-dealkylation sites (N-methyl/N-ethyl adjacent to an activating group) is 1. The molecule has 3 amide bonds. The van der Waals surface area contributed by atoms with Crippen molar-refractivity contribution in [3.63, 3.8) is 0 Å². The molecule has 0 aromatic heterocycles. The van der Waals surface area contributed by atoms with E-state index in [-0.39, 0.29) is 12.5 Å². The zero-order valence-corrected chi connectivity index (χ0v) is 10.5. The van der Waals surface area contributed by atoms with Crippen LogP contribution < -0.4 is 10.6 Å². The van der Waals surface area contributed by atoms with Crippen LogP contribution >= 0.6 is 0 Å². The first kappa shape index (κ1) is 16.2. The number of carbonyl (C=O) groups is 3. The van der Waals surface area contributed by atoms with E-state index in [1.54, 1.807) is 0 Å². The first-order valence-corrected chi connectivity index (χ1v) is 5.56. The van der Waals surface area contributed by atoms with Crippen molar-refractivity contribution in [2.24, 2.45) is 0 Å². The first-order valence-electron chi connectivity index (χ1n) is 5.56. The van der Waals surface area contributed by atoms with Crippen LogP contribution in [0.25, 0.3) is 0 Å². The summed E-state index contributed by atoms with van der Waals surface area (Å²) in [7, 11) is 1.46. The van der Waals surface area contributed by atoms with E-state index >= 15 is 0 Å². The van der Waals surface area contributed by atoms with E-state index in [1.807, 2.05) is 6.92 Å². The lowest BCUT2D eigenvalue weighted by molar-refractivity contribution is -0.146. The maximum Gasteiger partial charge on any atom is 0.334 e. The Kier molecular flexibility index (Phi) is 7.45. The molecule has 0 aromatic rings. The van der Waals surface area contributed by atoms with Gasteiger partial charge in [0.05, 0.1) is 6.54 Å². The topological polar surface area (TPSA) is 119 Å². The van der Waals surface area contributed by atoms with E-state index in [4.69, 9.17) is 10.2 Å². The number of carboxylic acid groups (broad SMARTS) is 1. The standard InChI is InChI=1S/C10H19N3O5/c1-3-4-13(6-8(15)11-2)10(18)12-5-7(14)9(16)17/h7,14H,3-6H2,1-2H3,(H,11,15)(H,12,18)(H,16,17)/t7-/m0/s1. The minimum atomic E-state index is -1.66. The summed E-state index contributed by atoms with van der Waals surface area (Å²) in [6.45, 7) is 1.69. The average molecular weight is 261 g/mol. The van der Waals surface area contributed by atoms with Gasteiger partial charge in [-0.2, -0.15) is 0 Å². The predicted octanol–water partition coefficient (Wildman–Crippen LogP) is -1.40. The largest absolute Gasteiger partial charge is 0.479 e. The van der Waals surface area contributed by atoms with Gasteiger partial charge in [0.15, 0.2) is 6.10 Å². The lowest BCUT2D eigenvalue weighted by Crippen LogP contribution is -2.47. The number of carbonyl (C=O) groups excluding carboxylic acids is 2. The van der Waals surface area contributed by atoms with Crippen LogP contribution in [0.1, 0.15) is 13.3 Å². The van der Waals surface area contributed by atoms with Crippen molar-refractivity contribution in [2.45, 2.75) is 19.4 Å². The molecule has 104 valence electrons. The first-order chi connectivity index (χ1) is 8.42. The zero-order valence-electron chi connectivity index (χ0n) is 10.5. The minimum Gasteiger partial charge on any atom is -0.479 e. The van der Waals surface area contributed by atoms with Gasteiger partial charge in [0.1, 0.15) is 6.54 Å². The van der Waals surface area contributed by atoms with Crippen molar-refractivity contribution in [1.29, 1.82) is 0 Å². The molecule has 8 nitrogen and oxygen atoms in total. The Labute approximate surface area is 105 Å². The minimum absolute atomic E-state index is 0.112. The van der Waals surface area contributed by atoms with Crippen LogP contribution in [0.2, 0.25) is 0 Å². The van der Waals surface area contributed by atoms with Crippen LogP contribution in [-0.2, 0) is 9.59 Å². The third-order valence-electron chi connectivity index (χ3n) is 2.13. The lowest BCUT2D eigenvalue weighted by atomic mass is 10.3. The Morgan fingerprint density at radius 3 is 2.39 bits per heavy atom. The molecule has 0 rings (SSSR count). The third-order valence-corrected chi connectivity index (χ3v) is 2.13. The fourth-order valence-electron chi connectivity index (χ4n) is 1.16. The number of hydrogen-bond donors (Lipinski definition) is 4. The SMILES string of the molecule is CCCN(CC(=O)NC)C(=O)NC[C@H](O)C(=O)O. The highest BCUT2D eigenvalue weighted by Crippen LogP contribution is 1.93. The summed E-state index contributed by atoms with van der Waals surface area (Å²) >= 11 is 0. The van der Waals surface area contributed by atoms with Gasteiger partial charge < -0.3 is 25.7 Å². The molecule has 0 aliphatic carbocycles. The quantitative estimate of drug-likeness (QED) is 0.449. The molecule has 8 heteroatoms. The van der Waals surface area contributed by atoms with Crippen molar-refractivity contribution in [3.8, 4) is 0 Å². The number of amides is 3. The Bertz CT molecular complexity index is 308. The molecule has 0 radical (unpaired) electrons. The molecule has 0 saturated heterocycles. The van der Waals surface area contributed by atoms with Gasteiger partial charge in [-0.05, 0) is 6.42 Å². The Hall–Kier alpha value is -1.83. The fraction of sp³-hybridized carbons (Fsp3) is 0.700. The van der Waals surface area contributed by atoms with E-state index < -0.39 is 24.6 Å². The van der Waals surface area contributed by atoms with Crippen molar-refractivity contribution in [1.82, 2.24) is 15.5 Å². The van der Waals surface area contributed by atoms with Crippen LogP contribution in [0.4, 0.5) is 4.79 Å². The van der Waals surface area contributed by atoms with Gasteiger partial charge in [-0.25, -0.2) is 9.59 Å². The second-order valence-electron chi connectivity index (χ2n) is 3.63. The van der Waals surface area contributed by atoms with Gasteiger partial charge in [-0.15, -0.1) is 0 Å². The summed E-state index contributed by atoms with van der Waals surface area (Å²) in [5, 5.41) is 22.1. The van der Waals surface area contributed by atoms with Crippen molar-refractivity contribution >= 4 is 17.9 Å². The zero-order chi connectivity index (χ0) is 14.1. The van der Waals surface area contributed by atoms with E-state index in [9.17, 15) is 14.4 Å². The van der Waals surface area contributed by atoms with Gasteiger partial charge in [0, 0.05) is 13.6 Å². The van der Waals surface area contributed by atoms with Crippen LogP contribution in [0.15, 0.2) is 0 Å². The normalized spacial score (nSPS) is 11.5. The number of hydrogen-bond acceptors (Lipinski definition) is 4. The number of rotatable bonds is 7. The highest BCUT2D eigenvalue weighted by Gasteiger charge is 2.18. The number of aliphatic hydroxyl groups is 1. The van der Waals surface area contributed by atoms with Crippen molar-refractivity contribution < 1.29 is 24.6 Å². The molecule has 0 fully saturated rings. The summed E-state index contributed by atoms with van der Waals surface area (Å²) in [5.74, 6) is -1.74. The fourth-order valence-corrected chi connectivity index (χ4v) is 1.16. The summed E-state index contributed by atoms with van der Waals surface area (Å²) in [6.07, 6.45) is -0.997. The van der Waals surface area contributed by atoms with Gasteiger partial charge in [-0.1, -0.05) is 6.92 Å². The van der Waals surface area contributed by atoms with E-state index in [0.717, 1.165) is 0 Å². The van der Waals surface area contributed by atoms with Crippen LogP contribution in [0, 0.1) is 0 Å². The predicted molar refractivity (Wildman–Crippen MR) is 63.0 cm³/mol. The molecular formula is C10H19N3O5. The van der Waals surface area contributed by atoms with Gasteiger partial charge in [0.2, 0.25) is 5.91 Å². The average Bonchev–Trinajstić information content (AvgIpc) is 2.34. The third kappa shape index (κ3) is 6.04. The van der Waals surface area contributed by atoms with Crippen LogP contribution in [0.3, 0.4) is 0 Å². The Morgan fingerprint density at radius 2 is 1.94 bits per heavy atom. The molecular weight excluding hydrogens is 242 g/mol. The monoisotopic (exact) mass is 261 g/mol. The molecule has 0 aromatic carbocycles. The van der Waals surface area contributed by atoms with Gasteiger partial charge in [-0.3, -0.25) is 4.79 Å². The maximum absolute atomic E-state index is 11.6. The molecule has 0 saturated carbocycles. The summed E-state index contributed by atoms with van der Waals surface area (Å²) in [4.78, 5) is 34.4. The molecule has 0 aliphatic rings. The number of nitrogens with zero attached hydrogens (tertiary/aromatic N) is 1. The van der Waals surface area contributed by atoms with Crippen LogP contribution in [-0.4, -0.2) is 65.8 Å². The molecule has 0 bridgehead atoms. The van der Waals surface area contributed by atoms with E-state index in [2.05, 4.69) is 10.6 Å². The number of aliphatic hydroxyl groups excluding tert-OH is 1. The molecule has 0 heterocycles.